The first-order valence-corrected chi connectivity index (χ1v) is 9.01. The van der Waals surface area contributed by atoms with E-state index in [0.29, 0.717) is 37.6 Å². The molecule has 1 fully saturated rings. The topological polar surface area (TPSA) is 75.5 Å². The van der Waals surface area contributed by atoms with Gasteiger partial charge in [-0.15, -0.1) is 0 Å². The van der Waals surface area contributed by atoms with Crippen LogP contribution in [0, 0.1) is 11.6 Å². The van der Waals surface area contributed by atoms with Crippen molar-refractivity contribution in [3.8, 4) is 28.3 Å². The number of phenols is 1. The molecule has 1 aliphatic heterocycles. The summed E-state index contributed by atoms with van der Waals surface area (Å²) < 4.78 is 34.5. The highest BCUT2D eigenvalue weighted by atomic mass is 19.1. The summed E-state index contributed by atoms with van der Waals surface area (Å²) >= 11 is 0. The molecule has 1 N–H and O–H groups in total. The second kappa shape index (κ2) is 7.92. The molecule has 0 spiro atoms. The van der Waals surface area contributed by atoms with Gasteiger partial charge in [0.1, 0.15) is 22.9 Å². The van der Waals surface area contributed by atoms with E-state index in [1.807, 2.05) is 0 Å². The highest BCUT2D eigenvalue weighted by Gasteiger charge is 2.25. The molecule has 1 aromatic heterocycles. The van der Waals surface area contributed by atoms with Gasteiger partial charge in [0, 0.05) is 24.2 Å². The number of benzene rings is 2. The predicted octanol–water partition coefficient (Wildman–Crippen LogP) is 3.27. The number of halogens is 2. The average Bonchev–Trinajstić information content (AvgIpc) is 2.74. The third-order valence-corrected chi connectivity index (χ3v) is 4.65. The number of carbonyl (C=O) groups is 1. The molecule has 0 atom stereocenters. The molecule has 0 aliphatic carbocycles. The van der Waals surface area contributed by atoms with E-state index >= 15 is 0 Å². The van der Waals surface area contributed by atoms with Crippen LogP contribution in [0.15, 0.2) is 48.8 Å². The first-order chi connectivity index (χ1) is 14.0. The van der Waals surface area contributed by atoms with E-state index in [0.717, 1.165) is 12.1 Å². The Labute approximate surface area is 165 Å². The number of aromatic hydroxyl groups is 1. The molecule has 0 unspecified atom stereocenters. The lowest BCUT2D eigenvalue weighted by Crippen LogP contribution is -2.41. The molecular weight excluding hydrogens is 380 g/mol. The monoisotopic (exact) mass is 397 g/mol. The van der Waals surface area contributed by atoms with Crippen molar-refractivity contribution in [1.29, 1.82) is 0 Å². The molecule has 29 heavy (non-hydrogen) atoms. The molecule has 148 valence electrons. The van der Waals surface area contributed by atoms with Gasteiger partial charge in [-0.05, 0) is 36.4 Å². The summed E-state index contributed by atoms with van der Waals surface area (Å²) in [6.45, 7) is 1.26. The molecule has 1 aliphatic rings. The molecule has 1 saturated heterocycles. The first-order valence-electron chi connectivity index (χ1n) is 9.01. The third-order valence-electron chi connectivity index (χ3n) is 4.65. The van der Waals surface area contributed by atoms with Crippen LogP contribution < -0.4 is 0 Å². The van der Waals surface area contributed by atoms with Crippen molar-refractivity contribution in [3.05, 3.63) is 66.0 Å². The van der Waals surface area contributed by atoms with Crippen LogP contribution in [0.3, 0.4) is 0 Å². The van der Waals surface area contributed by atoms with Crippen LogP contribution >= 0.6 is 0 Å². The van der Waals surface area contributed by atoms with Crippen molar-refractivity contribution in [3.63, 3.8) is 0 Å². The third kappa shape index (κ3) is 3.93. The van der Waals surface area contributed by atoms with Gasteiger partial charge < -0.3 is 14.7 Å². The molecular formula is C21H17F2N3O3. The van der Waals surface area contributed by atoms with Crippen LogP contribution in [0.4, 0.5) is 8.78 Å². The van der Waals surface area contributed by atoms with Gasteiger partial charge in [0.05, 0.1) is 37.0 Å². The number of rotatable bonds is 3. The average molecular weight is 397 g/mol. The zero-order valence-corrected chi connectivity index (χ0v) is 15.3. The number of aromatic nitrogens is 2. The van der Waals surface area contributed by atoms with Crippen LogP contribution in [-0.2, 0) is 4.74 Å². The summed E-state index contributed by atoms with van der Waals surface area (Å²) in [6.07, 6.45) is 2.90. The normalized spacial score (nSPS) is 14.1. The maximum absolute atomic E-state index is 14.7. The van der Waals surface area contributed by atoms with Crippen molar-refractivity contribution in [2.75, 3.05) is 26.3 Å². The Kier molecular flexibility index (Phi) is 5.18. The zero-order valence-electron chi connectivity index (χ0n) is 15.3. The van der Waals surface area contributed by atoms with E-state index in [4.69, 9.17) is 4.74 Å². The van der Waals surface area contributed by atoms with Gasteiger partial charge in [-0.1, -0.05) is 0 Å². The minimum absolute atomic E-state index is 0.113. The van der Waals surface area contributed by atoms with Crippen molar-refractivity contribution in [2.45, 2.75) is 0 Å². The Morgan fingerprint density at radius 2 is 1.55 bits per heavy atom. The van der Waals surface area contributed by atoms with Crippen molar-refractivity contribution in [2.24, 2.45) is 0 Å². The molecule has 4 rings (SSSR count). The number of nitrogens with zero attached hydrogens (tertiary/aromatic N) is 3. The molecule has 1 amide bonds. The van der Waals surface area contributed by atoms with Gasteiger partial charge in [0.2, 0.25) is 0 Å². The van der Waals surface area contributed by atoms with Gasteiger partial charge in [0.25, 0.3) is 5.91 Å². The number of carbonyl (C=O) groups excluding carboxylic acids is 1. The summed E-state index contributed by atoms with van der Waals surface area (Å²) in [4.78, 5) is 22.4. The van der Waals surface area contributed by atoms with E-state index in [1.165, 1.54) is 29.4 Å². The van der Waals surface area contributed by atoms with Crippen LogP contribution in [0.25, 0.3) is 22.5 Å². The number of hydrogen-bond donors (Lipinski definition) is 1. The van der Waals surface area contributed by atoms with E-state index in [1.54, 1.807) is 12.1 Å². The van der Waals surface area contributed by atoms with E-state index in [9.17, 15) is 18.7 Å². The summed E-state index contributed by atoms with van der Waals surface area (Å²) in [5, 5.41) is 9.40. The van der Waals surface area contributed by atoms with Crippen LogP contribution in [0.5, 0.6) is 5.75 Å². The largest absolute Gasteiger partial charge is 0.508 e. The fraction of sp³-hybridized carbons (Fsp3) is 0.190. The number of hydrogen-bond acceptors (Lipinski definition) is 5. The summed E-state index contributed by atoms with van der Waals surface area (Å²) in [6, 6.07) is 8.51. The lowest BCUT2D eigenvalue weighted by molar-refractivity contribution is 0.0296. The van der Waals surface area contributed by atoms with Crippen molar-refractivity contribution >= 4 is 5.91 Å². The van der Waals surface area contributed by atoms with Crippen LogP contribution in [0.1, 0.15) is 10.4 Å². The second-order valence-corrected chi connectivity index (χ2v) is 6.56. The predicted molar refractivity (Wildman–Crippen MR) is 101 cm³/mol. The molecule has 2 aromatic carbocycles. The van der Waals surface area contributed by atoms with Gasteiger partial charge in [-0.3, -0.25) is 9.78 Å². The maximum Gasteiger partial charge on any atom is 0.259 e. The molecule has 2 heterocycles. The van der Waals surface area contributed by atoms with Gasteiger partial charge in [0.15, 0.2) is 0 Å². The van der Waals surface area contributed by atoms with Crippen LogP contribution in [0.2, 0.25) is 0 Å². The van der Waals surface area contributed by atoms with Gasteiger partial charge in [-0.25, -0.2) is 13.8 Å². The molecule has 0 saturated carbocycles. The Bertz CT molecular complexity index is 1030. The number of phenolic OH excluding ortho intramolecular Hbond substituents is 1. The number of amides is 1. The van der Waals surface area contributed by atoms with E-state index in [2.05, 4.69) is 9.97 Å². The lowest BCUT2D eigenvalue weighted by atomic mass is 10.1. The Hall–Kier alpha value is -3.39. The maximum atomic E-state index is 14.7. The summed E-state index contributed by atoms with van der Waals surface area (Å²) in [5.41, 5.74) is 1.03. The highest BCUT2D eigenvalue weighted by molar-refractivity contribution is 5.95. The lowest BCUT2D eigenvalue weighted by Gasteiger charge is -2.27. The molecule has 0 bridgehead atoms. The van der Waals surface area contributed by atoms with Crippen LogP contribution in [-0.4, -0.2) is 52.2 Å². The number of morpholine rings is 1. The Balaban J connectivity index is 1.67. The summed E-state index contributed by atoms with van der Waals surface area (Å²) in [5.74, 6) is -2.48. The second-order valence-electron chi connectivity index (χ2n) is 6.56. The molecule has 6 nitrogen and oxygen atoms in total. The fourth-order valence-electron chi connectivity index (χ4n) is 3.13. The first kappa shape index (κ1) is 18.9. The Morgan fingerprint density at radius 3 is 2.17 bits per heavy atom. The molecule has 8 heteroatoms. The van der Waals surface area contributed by atoms with Gasteiger partial charge in [-0.2, -0.15) is 0 Å². The highest BCUT2D eigenvalue weighted by Crippen LogP contribution is 2.26. The molecule has 3 aromatic rings. The molecule has 0 radical (unpaired) electrons. The SMILES string of the molecule is O=C(c1c(F)cc(-c2cncc(-c3ccc(O)cc3)n2)cc1F)N1CCOCC1. The Morgan fingerprint density at radius 1 is 0.966 bits per heavy atom. The zero-order chi connectivity index (χ0) is 20.4. The minimum atomic E-state index is -0.951. The number of ether oxygens (including phenoxy) is 1. The van der Waals surface area contributed by atoms with E-state index < -0.39 is 23.1 Å². The van der Waals surface area contributed by atoms with Crippen molar-refractivity contribution < 1.29 is 23.4 Å². The standard InChI is InChI=1S/C21H17F2N3O3/c22-16-9-14(10-17(23)20(16)21(28)26-5-7-29-8-6-26)19-12-24-11-18(25-19)13-1-3-15(27)4-2-13/h1-4,9-12,27H,5-8H2. The minimum Gasteiger partial charge on any atom is -0.508 e. The quantitative estimate of drug-likeness (QED) is 0.734. The fourth-order valence-corrected chi connectivity index (χ4v) is 3.13. The van der Waals surface area contributed by atoms with Gasteiger partial charge >= 0.3 is 0 Å². The van der Waals surface area contributed by atoms with Crippen molar-refractivity contribution in [1.82, 2.24) is 14.9 Å². The smallest absolute Gasteiger partial charge is 0.259 e. The summed E-state index contributed by atoms with van der Waals surface area (Å²) in [7, 11) is 0. The van der Waals surface area contributed by atoms with E-state index in [-0.39, 0.29) is 17.0 Å².